The Kier molecular flexibility index (Phi) is 3.45. The Morgan fingerprint density at radius 3 is 2.94 bits per heavy atom. The second kappa shape index (κ2) is 5.03. The number of carbonyl (C=O) groups excluding carboxylic acids is 2. The van der Waals surface area contributed by atoms with Crippen molar-refractivity contribution in [3.05, 3.63) is 35.1 Å². The molecule has 2 N–H and O–H groups in total. The molecule has 0 atom stereocenters. The van der Waals surface area contributed by atoms with Crippen LogP contribution in [-0.4, -0.2) is 37.0 Å². The van der Waals surface area contributed by atoms with Crippen LogP contribution in [0.1, 0.15) is 15.9 Å². The van der Waals surface area contributed by atoms with Crippen molar-refractivity contribution in [3.8, 4) is 0 Å². The van der Waals surface area contributed by atoms with E-state index in [9.17, 15) is 14.0 Å². The number of rotatable bonds is 3. The summed E-state index contributed by atoms with van der Waals surface area (Å²) < 4.78 is 14.1. The number of nitrogens with zero attached hydrogens (tertiary/aromatic N) is 1. The molecule has 1 saturated heterocycles. The monoisotopic (exact) mass is 251 g/mol. The molecule has 1 heterocycles. The van der Waals surface area contributed by atoms with Crippen LogP contribution in [0, 0.1) is 5.82 Å². The SMILES string of the molecule is CNC(=O)c1cccc(CN2CCNC2=O)c1F. The van der Waals surface area contributed by atoms with Crippen molar-refractivity contribution in [2.45, 2.75) is 6.54 Å². The van der Waals surface area contributed by atoms with Crippen LogP contribution in [0.4, 0.5) is 9.18 Å². The van der Waals surface area contributed by atoms with Crippen LogP contribution in [0.15, 0.2) is 18.2 Å². The van der Waals surface area contributed by atoms with E-state index in [1.54, 1.807) is 12.1 Å². The normalized spacial score (nSPS) is 14.6. The maximum Gasteiger partial charge on any atom is 0.317 e. The molecule has 0 spiro atoms. The van der Waals surface area contributed by atoms with Gasteiger partial charge in [0.2, 0.25) is 0 Å². The van der Waals surface area contributed by atoms with E-state index < -0.39 is 11.7 Å². The number of nitrogens with one attached hydrogen (secondary N) is 2. The summed E-state index contributed by atoms with van der Waals surface area (Å²) in [5, 5.41) is 5.02. The van der Waals surface area contributed by atoms with Gasteiger partial charge < -0.3 is 15.5 Å². The van der Waals surface area contributed by atoms with Crippen molar-refractivity contribution in [2.24, 2.45) is 0 Å². The third kappa shape index (κ3) is 2.27. The summed E-state index contributed by atoms with van der Waals surface area (Å²) in [5.41, 5.74) is 0.336. The second-order valence-electron chi connectivity index (χ2n) is 4.01. The van der Waals surface area contributed by atoms with Crippen LogP contribution < -0.4 is 10.6 Å². The first-order valence-electron chi connectivity index (χ1n) is 5.65. The highest BCUT2D eigenvalue weighted by atomic mass is 19.1. The van der Waals surface area contributed by atoms with E-state index in [0.717, 1.165) is 0 Å². The Balaban J connectivity index is 2.23. The standard InChI is InChI=1S/C12H14FN3O2/c1-14-11(17)9-4-2-3-8(10(9)13)7-16-6-5-15-12(16)18/h2-4H,5-7H2,1H3,(H,14,17)(H,15,18). The fourth-order valence-electron chi connectivity index (χ4n) is 1.88. The third-order valence-corrected chi connectivity index (χ3v) is 2.86. The summed E-state index contributed by atoms with van der Waals surface area (Å²) in [7, 11) is 1.45. The van der Waals surface area contributed by atoms with Crippen LogP contribution in [0.3, 0.4) is 0 Å². The Morgan fingerprint density at radius 2 is 2.33 bits per heavy atom. The minimum absolute atomic E-state index is 0.00500. The zero-order valence-electron chi connectivity index (χ0n) is 10.00. The van der Waals surface area contributed by atoms with Gasteiger partial charge in [0, 0.05) is 25.7 Å². The van der Waals surface area contributed by atoms with Crippen molar-refractivity contribution in [1.29, 1.82) is 0 Å². The van der Waals surface area contributed by atoms with Gasteiger partial charge in [-0.3, -0.25) is 4.79 Å². The highest BCUT2D eigenvalue weighted by Crippen LogP contribution is 2.16. The second-order valence-corrected chi connectivity index (χ2v) is 4.01. The largest absolute Gasteiger partial charge is 0.355 e. The maximum absolute atomic E-state index is 14.1. The Hall–Kier alpha value is -2.11. The van der Waals surface area contributed by atoms with Crippen LogP contribution in [0.5, 0.6) is 0 Å². The topological polar surface area (TPSA) is 61.4 Å². The molecule has 3 amide bonds. The van der Waals surface area contributed by atoms with Crippen LogP contribution in [0.25, 0.3) is 0 Å². The number of carbonyl (C=O) groups is 2. The van der Waals surface area contributed by atoms with Gasteiger partial charge in [-0.2, -0.15) is 0 Å². The Bertz CT molecular complexity index is 490. The molecular formula is C12H14FN3O2. The van der Waals surface area contributed by atoms with Crippen molar-refractivity contribution in [1.82, 2.24) is 15.5 Å². The van der Waals surface area contributed by atoms with E-state index in [4.69, 9.17) is 0 Å². The third-order valence-electron chi connectivity index (χ3n) is 2.86. The summed E-state index contributed by atoms with van der Waals surface area (Å²) >= 11 is 0. The van der Waals surface area contributed by atoms with Crippen LogP contribution in [0.2, 0.25) is 0 Å². The Labute approximate surface area is 104 Å². The van der Waals surface area contributed by atoms with Crippen LogP contribution in [-0.2, 0) is 6.54 Å². The van der Waals surface area contributed by atoms with E-state index in [0.29, 0.717) is 18.7 Å². The van der Waals surface area contributed by atoms with Gasteiger partial charge in [0.15, 0.2) is 0 Å². The number of benzene rings is 1. The van der Waals surface area contributed by atoms with E-state index in [1.165, 1.54) is 18.0 Å². The van der Waals surface area contributed by atoms with Gasteiger partial charge in [0.05, 0.1) is 12.1 Å². The van der Waals surface area contributed by atoms with E-state index in [1.807, 2.05) is 0 Å². The zero-order chi connectivity index (χ0) is 13.1. The van der Waals surface area contributed by atoms with E-state index in [-0.39, 0.29) is 18.1 Å². The maximum atomic E-state index is 14.1. The summed E-state index contributed by atoms with van der Waals surface area (Å²) in [4.78, 5) is 24.3. The molecule has 2 rings (SSSR count). The van der Waals surface area contributed by atoms with Gasteiger partial charge >= 0.3 is 6.03 Å². The lowest BCUT2D eigenvalue weighted by Gasteiger charge is -2.15. The molecule has 0 unspecified atom stereocenters. The predicted molar refractivity (Wildman–Crippen MR) is 63.6 cm³/mol. The molecule has 0 bridgehead atoms. The number of hydrogen-bond donors (Lipinski definition) is 2. The van der Waals surface area contributed by atoms with Gasteiger partial charge in [0.25, 0.3) is 5.91 Å². The first-order valence-corrected chi connectivity index (χ1v) is 5.65. The van der Waals surface area contributed by atoms with Gasteiger partial charge in [-0.15, -0.1) is 0 Å². The first-order chi connectivity index (χ1) is 8.63. The molecule has 0 radical (unpaired) electrons. The highest BCUT2D eigenvalue weighted by Gasteiger charge is 2.22. The fraction of sp³-hybridized carbons (Fsp3) is 0.333. The molecule has 96 valence electrons. The molecule has 0 aliphatic carbocycles. The lowest BCUT2D eigenvalue weighted by atomic mass is 10.1. The Morgan fingerprint density at radius 1 is 1.56 bits per heavy atom. The molecule has 18 heavy (non-hydrogen) atoms. The van der Waals surface area contributed by atoms with Crippen molar-refractivity contribution < 1.29 is 14.0 Å². The molecule has 5 nitrogen and oxygen atoms in total. The lowest BCUT2D eigenvalue weighted by Crippen LogP contribution is -2.28. The molecule has 6 heteroatoms. The minimum atomic E-state index is -0.573. The first kappa shape index (κ1) is 12.3. The number of urea groups is 1. The average molecular weight is 251 g/mol. The van der Waals surface area contributed by atoms with Gasteiger partial charge in [-0.1, -0.05) is 12.1 Å². The van der Waals surface area contributed by atoms with E-state index >= 15 is 0 Å². The number of amides is 3. The van der Waals surface area contributed by atoms with E-state index in [2.05, 4.69) is 10.6 Å². The van der Waals surface area contributed by atoms with Crippen LogP contribution >= 0.6 is 0 Å². The minimum Gasteiger partial charge on any atom is -0.355 e. The zero-order valence-corrected chi connectivity index (χ0v) is 10.00. The smallest absolute Gasteiger partial charge is 0.317 e. The molecule has 1 aromatic rings. The van der Waals surface area contributed by atoms with Gasteiger partial charge in [0.1, 0.15) is 5.82 Å². The summed E-state index contributed by atoms with van der Waals surface area (Å²) in [6.45, 7) is 1.28. The van der Waals surface area contributed by atoms with Crippen molar-refractivity contribution in [3.63, 3.8) is 0 Å². The average Bonchev–Trinajstić information content (AvgIpc) is 2.77. The molecular weight excluding hydrogens is 237 g/mol. The van der Waals surface area contributed by atoms with Gasteiger partial charge in [-0.05, 0) is 6.07 Å². The van der Waals surface area contributed by atoms with Gasteiger partial charge in [-0.25, -0.2) is 9.18 Å². The lowest BCUT2D eigenvalue weighted by molar-refractivity contribution is 0.0959. The molecule has 0 saturated carbocycles. The molecule has 1 fully saturated rings. The highest BCUT2D eigenvalue weighted by molar-refractivity contribution is 5.94. The van der Waals surface area contributed by atoms with Crippen molar-refractivity contribution in [2.75, 3.05) is 20.1 Å². The molecule has 1 aliphatic heterocycles. The van der Waals surface area contributed by atoms with Crippen molar-refractivity contribution >= 4 is 11.9 Å². The molecule has 1 aromatic carbocycles. The quantitative estimate of drug-likeness (QED) is 0.831. The molecule has 0 aromatic heterocycles. The molecule has 1 aliphatic rings. The summed E-state index contributed by atoms with van der Waals surface area (Å²) in [6, 6.07) is 4.39. The fourth-order valence-corrected chi connectivity index (χ4v) is 1.88. The predicted octanol–water partition coefficient (Wildman–Crippen LogP) is 0.711. The summed E-state index contributed by atoms with van der Waals surface area (Å²) in [6.07, 6.45) is 0. The number of hydrogen-bond acceptors (Lipinski definition) is 2. The number of halogens is 1. The summed E-state index contributed by atoms with van der Waals surface area (Å²) in [5.74, 6) is -1.04.